The minimum Gasteiger partial charge on any atom is -0.368 e. The third-order valence-electron chi connectivity index (χ3n) is 3.80. The molecule has 22 heavy (non-hydrogen) atoms. The molecule has 0 radical (unpaired) electrons. The number of sulfonamides is 1. The molecule has 0 saturated heterocycles. The van der Waals surface area contributed by atoms with E-state index < -0.39 is 22.0 Å². The summed E-state index contributed by atoms with van der Waals surface area (Å²) in [6.07, 6.45) is 3.22. The molecule has 0 fully saturated rings. The SMILES string of the molecule is Cn1cc(S(=O)(=O)N2CCc3ccccc3[C@@H]2C(N)=O)cn1. The van der Waals surface area contributed by atoms with Crippen molar-refractivity contribution in [2.24, 2.45) is 12.8 Å². The molecule has 1 aromatic carbocycles. The average Bonchev–Trinajstić information content (AvgIpc) is 2.93. The molecule has 1 aromatic heterocycles. The Morgan fingerprint density at radius 3 is 2.73 bits per heavy atom. The van der Waals surface area contributed by atoms with Crippen molar-refractivity contribution in [2.45, 2.75) is 17.4 Å². The van der Waals surface area contributed by atoms with Crippen LogP contribution in [0.4, 0.5) is 0 Å². The van der Waals surface area contributed by atoms with Gasteiger partial charge in [-0.25, -0.2) is 8.42 Å². The highest BCUT2D eigenvalue weighted by Crippen LogP contribution is 2.33. The number of benzene rings is 1. The Morgan fingerprint density at radius 1 is 1.36 bits per heavy atom. The number of aromatic nitrogens is 2. The zero-order valence-corrected chi connectivity index (χ0v) is 12.8. The van der Waals surface area contributed by atoms with E-state index in [-0.39, 0.29) is 11.4 Å². The Morgan fingerprint density at radius 2 is 2.09 bits per heavy atom. The molecule has 0 aliphatic carbocycles. The number of amides is 1. The first kappa shape index (κ1) is 14.7. The number of rotatable bonds is 3. The lowest BCUT2D eigenvalue weighted by molar-refractivity contribution is -0.122. The summed E-state index contributed by atoms with van der Waals surface area (Å²) < 4.78 is 28.1. The van der Waals surface area contributed by atoms with Gasteiger partial charge in [0.15, 0.2) is 0 Å². The summed E-state index contributed by atoms with van der Waals surface area (Å²) in [5.74, 6) is -0.681. The van der Waals surface area contributed by atoms with E-state index in [1.54, 1.807) is 19.2 Å². The van der Waals surface area contributed by atoms with E-state index in [0.29, 0.717) is 12.0 Å². The van der Waals surface area contributed by atoms with E-state index in [2.05, 4.69) is 5.10 Å². The summed E-state index contributed by atoms with van der Waals surface area (Å²) in [5.41, 5.74) is 7.08. The van der Waals surface area contributed by atoms with Gasteiger partial charge in [-0.1, -0.05) is 24.3 Å². The lowest BCUT2D eigenvalue weighted by Gasteiger charge is -2.34. The van der Waals surface area contributed by atoms with Gasteiger partial charge >= 0.3 is 0 Å². The molecule has 0 unspecified atom stereocenters. The molecule has 1 aliphatic heterocycles. The number of hydrogen-bond donors (Lipinski definition) is 1. The van der Waals surface area contributed by atoms with Crippen LogP contribution in [0.2, 0.25) is 0 Å². The van der Waals surface area contributed by atoms with Gasteiger partial charge in [0.2, 0.25) is 15.9 Å². The molecular weight excluding hydrogens is 304 g/mol. The molecule has 1 amide bonds. The first-order valence-corrected chi connectivity index (χ1v) is 8.23. The van der Waals surface area contributed by atoms with Crippen LogP contribution in [-0.2, 0) is 28.3 Å². The van der Waals surface area contributed by atoms with Crippen LogP contribution in [-0.4, -0.2) is 35.0 Å². The quantitative estimate of drug-likeness (QED) is 0.873. The highest BCUT2D eigenvalue weighted by atomic mass is 32.2. The van der Waals surface area contributed by atoms with E-state index in [1.165, 1.54) is 17.1 Å². The number of primary amides is 1. The minimum atomic E-state index is -3.83. The van der Waals surface area contributed by atoms with Gasteiger partial charge in [0.05, 0.1) is 6.20 Å². The van der Waals surface area contributed by atoms with Gasteiger partial charge in [-0.2, -0.15) is 9.40 Å². The first-order chi connectivity index (χ1) is 10.4. The van der Waals surface area contributed by atoms with Gasteiger partial charge in [0.1, 0.15) is 10.9 Å². The van der Waals surface area contributed by atoms with Crippen LogP contribution in [0.5, 0.6) is 0 Å². The van der Waals surface area contributed by atoms with Gasteiger partial charge in [-0.05, 0) is 17.5 Å². The van der Waals surface area contributed by atoms with Crippen LogP contribution in [0.25, 0.3) is 0 Å². The second-order valence-electron chi connectivity index (χ2n) is 5.22. The van der Waals surface area contributed by atoms with E-state index >= 15 is 0 Å². The van der Waals surface area contributed by atoms with E-state index in [4.69, 9.17) is 5.73 Å². The van der Waals surface area contributed by atoms with Gasteiger partial charge < -0.3 is 5.73 Å². The molecule has 2 heterocycles. The van der Waals surface area contributed by atoms with Crippen molar-refractivity contribution in [1.82, 2.24) is 14.1 Å². The Kier molecular flexibility index (Phi) is 3.50. The monoisotopic (exact) mass is 320 g/mol. The lowest BCUT2D eigenvalue weighted by atomic mass is 9.94. The van der Waals surface area contributed by atoms with Crippen molar-refractivity contribution in [3.63, 3.8) is 0 Å². The summed E-state index contributed by atoms with van der Waals surface area (Å²) in [5, 5.41) is 3.89. The second kappa shape index (κ2) is 5.22. The summed E-state index contributed by atoms with van der Waals surface area (Å²) in [6.45, 7) is 0.210. The molecule has 7 nitrogen and oxygen atoms in total. The number of nitrogens with two attached hydrogens (primary N) is 1. The van der Waals surface area contributed by atoms with Gasteiger partial charge in [0.25, 0.3) is 0 Å². The summed E-state index contributed by atoms with van der Waals surface area (Å²) in [7, 11) is -2.19. The van der Waals surface area contributed by atoms with Crippen LogP contribution < -0.4 is 5.73 Å². The van der Waals surface area contributed by atoms with Crippen molar-refractivity contribution >= 4 is 15.9 Å². The smallest absolute Gasteiger partial charge is 0.247 e. The summed E-state index contributed by atoms with van der Waals surface area (Å²) in [4.78, 5) is 12.0. The van der Waals surface area contributed by atoms with Crippen molar-refractivity contribution in [3.05, 3.63) is 47.8 Å². The molecule has 2 N–H and O–H groups in total. The number of aryl methyl sites for hydroxylation is 1. The molecule has 116 valence electrons. The zero-order valence-electron chi connectivity index (χ0n) is 12.0. The second-order valence-corrected chi connectivity index (χ2v) is 7.11. The van der Waals surface area contributed by atoms with Crippen LogP contribution in [0.3, 0.4) is 0 Å². The van der Waals surface area contributed by atoms with Crippen molar-refractivity contribution in [2.75, 3.05) is 6.54 Å². The van der Waals surface area contributed by atoms with E-state index in [9.17, 15) is 13.2 Å². The van der Waals surface area contributed by atoms with Crippen molar-refractivity contribution in [1.29, 1.82) is 0 Å². The Hall–Kier alpha value is -2.19. The van der Waals surface area contributed by atoms with E-state index in [0.717, 1.165) is 9.87 Å². The molecule has 0 saturated carbocycles. The van der Waals surface area contributed by atoms with E-state index in [1.807, 2.05) is 12.1 Å². The topological polar surface area (TPSA) is 98.3 Å². The fraction of sp³-hybridized carbons (Fsp3) is 0.286. The minimum absolute atomic E-state index is 0.0561. The summed E-state index contributed by atoms with van der Waals surface area (Å²) >= 11 is 0. The molecule has 1 aliphatic rings. The first-order valence-electron chi connectivity index (χ1n) is 6.79. The lowest BCUT2D eigenvalue weighted by Crippen LogP contribution is -2.45. The molecule has 0 spiro atoms. The van der Waals surface area contributed by atoms with Crippen molar-refractivity contribution in [3.8, 4) is 0 Å². The molecule has 3 rings (SSSR count). The highest BCUT2D eigenvalue weighted by molar-refractivity contribution is 7.89. The fourth-order valence-electron chi connectivity index (χ4n) is 2.77. The van der Waals surface area contributed by atoms with Gasteiger partial charge in [-0.15, -0.1) is 0 Å². The maximum atomic E-state index is 12.8. The Balaban J connectivity index is 2.09. The Labute approximate surface area is 128 Å². The number of hydrogen-bond acceptors (Lipinski definition) is 4. The average molecular weight is 320 g/mol. The third kappa shape index (κ3) is 2.30. The number of carbonyl (C=O) groups is 1. The Bertz CT molecular complexity index is 828. The maximum Gasteiger partial charge on any atom is 0.247 e. The molecule has 1 atom stereocenters. The molecular formula is C14H16N4O3S. The van der Waals surface area contributed by atoms with Crippen LogP contribution in [0.15, 0.2) is 41.6 Å². The standard InChI is InChI=1S/C14H16N4O3S/c1-17-9-11(8-16-17)22(20,21)18-7-6-10-4-2-3-5-12(10)13(18)14(15)19/h2-5,8-9,13H,6-7H2,1H3,(H2,15,19)/t13-/m1/s1. The summed E-state index contributed by atoms with van der Waals surface area (Å²) in [6, 6.07) is 6.28. The highest BCUT2D eigenvalue weighted by Gasteiger charge is 2.39. The predicted molar refractivity (Wildman–Crippen MR) is 79.2 cm³/mol. The predicted octanol–water partition coefficient (Wildman–Crippen LogP) is 0.193. The number of carbonyl (C=O) groups excluding carboxylic acids is 1. The van der Waals surface area contributed by atoms with Crippen LogP contribution >= 0.6 is 0 Å². The number of nitrogens with zero attached hydrogens (tertiary/aromatic N) is 3. The van der Waals surface area contributed by atoms with Gasteiger partial charge in [0, 0.05) is 19.8 Å². The maximum absolute atomic E-state index is 12.8. The molecule has 2 aromatic rings. The van der Waals surface area contributed by atoms with Crippen molar-refractivity contribution < 1.29 is 13.2 Å². The fourth-order valence-corrected chi connectivity index (χ4v) is 4.33. The van der Waals surface area contributed by atoms with Gasteiger partial charge in [-0.3, -0.25) is 9.48 Å². The molecule has 0 bridgehead atoms. The molecule has 8 heteroatoms. The van der Waals surface area contributed by atoms with Crippen LogP contribution in [0, 0.1) is 0 Å². The third-order valence-corrected chi connectivity index (χ3v) is 5.61. The normalized spacial score (nSPS) is 18.9. The number of fused-ring (bicyclic) bond motifs is 1. The van der Waals surface area contributed by atoms with Crippen LogP contribution in [0.1, 0.15) is 17.2 Å². The zero-order chi connectivity index (χ0) is 15.9. The largest absolute Gasteiger partial charge is 0.368 e.